The van der Waals surface area contributed by atoms with Crippen molar-refractivity contribution >= 4 is 0 Å². The topological polar surface area (TPSA) is 85.5 Å². The van der Waals surface area contributed by atoms with Gasteiger partial charge in [0.2, 0.25) is 6.54 Å². The van der Waals surface area contributed by atoms with Gasteiger partial charge < -0.3 is 9.84 Å². The SMILES string of the molecule is C[C@@H]1COc2c1cc(C(O)(C[N+](=O)[O-])C(F)(F)F)nc2-c1ccc(F)cc1. The Labute approximate surface area is 150 Å². The zero-order chi connectivity index (χ0) is 20.0. The van der Waals surface area contributed by atoms with Gasteiger partial charge in [0.1, 0.15) is 17.3 Å². The Morgan fingerprint density at radius 1 is 1.33 bits per heavy atom. The number of hydrogen-bond acceptors (Lipinski definition) is 5. The fraction of sp³-hybridized carbons (Fsp3) is 0.353. The number of halogens is 4. The van der Waals surface area contributed by atoms with Gasteiger partial charge in [0.25, 0.3) is 5.60 Å². The number of hydrogen-bond donors (Lipinski definition) is 1. The van der Waals surface area contributed by atoms with Crippen LogP contribution in [0.3, 0.4) is 0 Å². The summed E-state index contributed by atoms with van der Waals surface area (Å²) in [6.07, 6.45) is -5.33. The molecule has 144 valence electrons. The summed E-state index contributed by atoms with van der Waals surface area (Å²) in [6, 6.07) is 5.78. The molecule has 1 aromatic carbocycles. The van der Waals surface area contributed by atoms with Gasteiger partial charge in [-0.2, -0.15) is 13.2 Å². The third-order valence-electron chi connectivity index (χ3n) is 4.38. The standard InChI is InChI=1S/C17H14F4N2O4/c1-9-7-27-15-12(9)6-13(16(24,8-23(25)26)17(19,20)21)22-14(15)10-2-4-11(18)5-3-10/h2-6,9,24H,7-8H2,1H3/t9-,16?/m1/s1. The van der Waals surface area contributed by atoms with Crippen molar-refractivity contribution in [1.82, 2.24) is 4.98 Å². The van der Waals surface area contributed by atoms with Crippen LogP contribution in [0.1, 0.15) is 24.1 Å². The summed E-state index contributed by atoms with van der Waals surface area (Å²) in [6.45, 7) is 0.0823. The minimum Gasteiger partial charge on any atom is -0.490 e. The predicted molar refractivity (Wildman–Crippen MR) is 85.4 cm³/mol. The monoisotopic (exact) mass is 386 g/mol. The van der Waals surface area contributed by atoms with Crippen molar-refractivity contribution in [3.63, 3.8) is 0 Å². The molecule has 27 heavy (non-hydrogen) atoms. The fourth-order valence-electron chi connectivity index (χ4n) is 2.89. The molecule has 1 aliphatic rings. The molecule has 6 nitrogen and oxygen atoms in total. The number of fused-ring (bicyclic) bond motifs is 1. The van der Waals surface area contributed by atoms with Crippen molar-refractivity contribution < 1.29 is 32.3 Å². The number of nitro groups is 1. The first-order valence-corrected chi connectivity index (χ1v) is 7.88. The molecular weight excluding hydrogens is 372 g/mol. The van der Waals surface area contributed by atoms with E-state index >= 15 is 0 Å². The second-order valence-electron chi connectivity index (χ2n) is 6.34. The van der Waals surface area contributed by atoms with Crippen molar-refractivity contribution in [2.75, 3.05) is 13.2 Å². The molecule has 0 radical (unpaired) electrons. The highest BCUT2D eigenvalue weighted by molar-refractivity contribution is 5.70. The van der Waals surface area contributed by atoms with Crippen LogP contribution in [0.5, 0.6) is 5.75 Å². The molecule has 10 heteroatoms. The number of ether oxygens (including phenoxy) is 1. The highest BCUT2D eigenvalue weighted by Gasteiger charge is 2.60. The molecule has 2 aromatic rings. The number of rotatable bonds is 4. The second kappa shape index (κ2) is 6.45. The van der Waals surface area contributed by atoms with E-state index in [1.165, 1.54) is 12.1 Å². The van der Waals surface area contributed by atoms with Gasteiger partial charge in [0.05, 0.1) is 12.3 Å². The number of aliphatic hydroxyl groups is 1. The number of aromatic nitrogens is 1. The molecule has 0 fully saturated rings. The average Bonchev–Trinajstić information content (AvgIpc) is 2.94. The molecule has 3 rings (SSSR count). The molecule has 2 heterocycles. The Bertz CT molecular complexity index is 886. The van der Waals surface area contributed by atoms with Crippen LogP contribution in [0.25, 0.3) is 11.3 Å². The van der Waals surface area contributed by atoms with E-state index < -0.39 is 34.8 Å². The van der Waals surface area contributed by atoms with Crippen LogP contribution in [-0.4, -0.2) is 34.3 Å². The lowest BCUT2D eigenvalue weighted by Gasteiger charge is -2.27. The van der Waals surface area contributed by atoms with Crippen molar-refractivity contribution in [2.24, 2.45) is 0 Å². The summed E-state index contributed by atoms with van der Waals surface area (Å²) in [5.41, 5.74) is -4.12. The first-order valence-electron chi connectivity index (χ1n) is 7.88. The van der Waals surface area contributed by atoms with Crippen molar-refractivity contribution in [2.45, 2.75) is 24.6 Å². The summed E-state index contributed by atoms with van der Waals surface area (Å²) in [5, 5.41) is 21.0. The summed E-state index contributed by atoms with van der Waals surface area (Å²) in [4.78, 5) is 13.4. The first kappa shape index (κ1) is 19.0. The van der Waals surface area contributed by atoms with Gasteiger partial charge >= 0.3 is 6.18 Å². The van der Waals surface area contributed by atoms with E-state index in [2.05, 4.69) is 4.98 Å². The van der Waals surface area contributed by atoms with Crippen molar-refractivity contribution in [3.05, 3.63) is 57.5 Å². The Balaban J connectivity index is 2.25. The number of nitrogens with zero attached hydrogens (tertiary/aromatic N) is 2. The summed E-state index contributed by atoms with van der Waals surface area (Å²) >= 11 is 0. The minimum absolute atomic E-state index is 0.0436. The molecule has 0 saturated carbocycles. The molecule has 0 saturated heterocycles. The maximum absolute atomic E-state index is 13.5. The van der Waals surface area contributed by atoms with Crippen LogP contribution < -0.4 is 4.74 Å². The maximum atomic E-state index is 13.5. The van der Waals surface area contributed by atoms with Gasteiger partial charge in [-0.15, -0.1) is 0 Å². The van der Waals surface area contributed by atoms with E-state index in [-0.39, 0.29) is 29.5 Å². The molecule has 1 aromatic heterocycles. The van der Waals surface area contributed by atoms with E-state index in [1.807, 2.05) is 0 Å². The van der Waals surface area contributed by atoms with Crippen LogP contribution in [0, 0.1) is 15.9 Å². The van der Waals surface area contributed by atoms with Crippen molar-refractivity contribution in [1.29, 1.82) is 0 Å². The quantitative estimate of drug-likeness (QED) is 0.495. The molecule has 0 aliphatic carbocycles. The van der Waals surface area contributed by atoms with E-state index in [0.717, 1.165) is 18.2 Å². The third kappa shape index (κ3) is 3.32. The Kier molecular flexibility index (Phi) is 4.54. The number of pyridine rings is 1. The third-order valence-corrected chi connectivity index (χ3v) is 4.38. The lowest BCUT2D eigenvalue weighted by atomic mass is 9.92. The van der Waals surface area contributed by atoms with Crippen LogP contribution in [0.2, 0.25) is 0 Å². The van der Waals surface area contributed by atoms with Crippen LogP contribution in [0.15, 0.2) is 30.3 Å². The van der Waals surface area contributed by atoms with Gasteiger partial charge in [-0.25, -0.2) is 9.37 Å². The maximum Gasteiger partial charge on any atom is 0.429 e. The second-order valence-corrected chi connectivity index (χ2v) is 6.34. The van der Waals surface area contributed by atoms with E-state index in [9.17, 15) is 32.8 Å². The molecule has 1 unspecified atom stereocenters. The normalized spacial score (nSPS) is 18.5. The summed E-state index contributed by atoms with van der Waals surface area (Å²) in [7, 11) is 0. The average molecular weight is 386 g/mol. The first-order chi connectivity index (χ1) is 12.5. The molecule has 0 amide bonds. The molecule has 2 atom stereocenters. The Morgan fingerprint density at radius 3 is 2.52 bits per heavy atom. The van der Waals surface area contributed by atoms with Gasteiger partial charge in [-0.1, -0.05) is 6.92 Å². The fourth-order valence-corrected chi connectivity index (χ4v) is 2.89. The molecule has 1 aliphatic heterocycles. The van der Waals surface area contributed by atoms with Gasteiger partial charge in [-0.3, -0.25) is 10.1 Å². The zero-order valence-electron chi connectivity index (χ0n) is 14.0. The van der Waals surface area contributed by atoms with Crippen molar-refractivity contribution in [3.8, 4) is 17.0 Å². The molecule has 1 N–H and O–H groups in total. The highest BCUT2D eigenvalue weighted by atomic mass is 19.4. The van der Waals surface area contributed by atoms with E-state index in [0.29, 0.717) is 5.56 Å². The lowest BCUT2D eigenvalue weighted by Crippen LogP contribution is -2.48. The predicted octanol–water partition coefficient (Wildman–Crippen LogP) is 3.41. The van der Waals surface area contributed by atoms with Gasteiger partial charge in [0, 0.05) is 22.0 Å². The van der Waals surface area contributed by atoms with E-state index in [1.54, 1.807) is 6.92 Å². The summed E-state index contributed by atoms with van der Waals surface area (Å²) < 4.78 is 59.2. The van der Waals surface area contributed by atoms with Gasteiger partial charge in [-0.05, 0) is 30.3 Å². The lowest BCUT2D eigenvalue weighted by molar-refractivity contribution is -0.519. The number of benzene rings is 1. The molecular formula is C17H14F4N2O4. The van der Waals surface area contributed by atoms with Crippen LogP contribution in [0.4, 0.5) is 17.6 Å². The van der Waals surface area contributed by atoms with E-state index in [4.69, 9.17) is 4.74 Å². The highest BCUT2D eigenvalue weighted by Crippen LogP contribution is 2.45. The minimum atomic E-state index is -5.33. The molecule has 0 bridgehead atoms. The Morgan fingerprint density at radius 2 is 1.96 bits per heavy atom. The van der Waals surface area contributed by atoms with Gasteiger partial charge in [0.15, 0.2) is 0 Å². The largest absolute Gasteiger partial charge is 0.490 e. The van der Waals surface area contributed by atoms with Crippen LogP contribution >= 0.6 is 0 Å². The number of alkyl halides is 3. The smallest absolute Gasteiger partial charge is 0.429 e. The molecule has 0 spiro atoms. The summed E-state index contributed by atoms with van der Waals surface area (Å²) in [5.74, 6) is -0.654. The zero-order valence-corrected chi connectivity index (χ0v) is 14.0. The van der Waals surface area contributed by atoms with Crippen LogP contribution in [-0.2, 0) is 5.60 Å². The Hall–Kier alpha value is -2.75.